The zero-order valence-corrected chi connectivity index (χ0v) is 16.6. The maximum atomic E-state index is 12.2. The van der Waals surface area contributed by atoms with Gasteiger partial charge in [0.25, 0.3) is 0 Å². The monoisotopic (exact) mass is 382 g/mol. The normalized spacial score (nSPS) is 22.0. The van der Waals surface area contributed by atoms with Crippen molar-refractivity contribution in [3.63, 3.8) is 0 Å². The summed E-state index contributed by atoms with van der Waals surface area (Å²) in [6.07, 6.45) is 4.81. The number of rotatable bonds is 8. The molecule has 1 aromatic heterocycles. The molecule has 1 saturated carbocycles. The summed E-state index contributed by atoms with van der Waals surface area (Å²) in [4.78, 5) is 14.4. The standard InChI is InChI=1S/C22H30N4O2/c1-26(20-5-3-2-4-6-20)15-21-13-19(25-28-21)11-17-14-23-10-9-16(17)12-22(27)24-18-7-8-18/h2-6,13,16-18,23H,7-12,14-15H2,1H3,(H,24,27)/t16-,17+/m0/s1. The number of carbonyl (C=O) groups is 1. The first kappa shape index (κ1) is 19.0. The number of aromatic nitrogens is 1. The molecule has 1 aliphatic heterocycles. The summed E-state index contributed by atoms with van der Waals surface area (Å²) in [7, 11) is 2.05. The molecule has 0 bridgehead atoms. The molecule has 1 amide bonds. The minimum absolute atomic E-state index is 0.213. The highest BCUT2D eigenvalue weighted by atomic mass is 16.5. The molecule has 2 fully saturated rings. The van der Waals surface area contributed by atoms with Gasteiger partial charge in [-0.15, -0.1) is 0 Å². The highest BCUT2D eigenvalue weighted by molar-refractivity contribution is 5.76. The minimum atomic E-state index is 0.213. The van der Waals surface area contributed by atoms with Crippen LogP contribution in [0.3, 0.4) is 0 Å². The fraction of sp³-hybridized carbons (Fsp3) is 0.545. The number of para-hydroxylation sites is 1. The van der Waals surface area contributed by atoms with Gasteiger partial charge in [-0.25, -0.2) is 0 Å². The summed E-state index contributed by atoms with van der Waals surface area (Å²) < 4.78 is 5.58. The lowest BCUT2D eigenvalue weighted by Gasteiger charge is -2.31. The number of benzene rings is 1. The van der Waals surface area contributed by atoms with Crippen molar-refractivity contribution in [2.45, 2.75) is 44.7 Å². The zero-order chi connectivity index (χ0) is 19.3. The van der Waals surface area contributed by atoms with E-state index >= 15 is 0 Å². The second-order valence-corrected chi connectivity index (χ2v) is 8.24. The molecule has 0 radical (unpaired) electrons. The number of hydrogen-bond donors (Lipinski definition) is 2. The van der Waals surface area contributed by atoms with Gasteiger partial charge in [0, 0.05) is 31.3 Å². The summed E-state index contributed by atoms with van der Waals surface area (Å²) in [6, 6.07) is 12.8. The molecular formula is C22H30N4O2. The van der Waals surface area contributed by atoms with E-state index in [0.29, 0.717) is 30.8 Å². The molecule has 1 saturated heterocycles. The smallest absolute Gasteiger partial charge is 0.220 e. The zero-order valence-electron chi connectivity index (χ0n) is 16.6. The lowest BCUT2D eigenvalue weighted by atomic mass is 9.81. The first-order valence-corrected chi connectivity index (χ1v) is 10.4. The predicted molar refractivity (Wildman–Crippen MR) is 109 cm³/mol. The fourth-order valence-electron chi connectivity index (χ4n) is 4.04. The number of nitrogens with one attached hydrogen (secondary N) is 2. The van der Waals surface area contributed by atoms with Crippen molar-refractivity contribution in [1.82, 2.24) is 15.8 Å². The molecule has 150 valence electrons. The maximum Gasteiger partial charge on any atom is 0.220 e. The molecule has 2 N–H and O–H groups in total. The van der Waals surface area contributed by atoms with Crippen LogP contribution in [0.2, 0.25) is 0 Å². The number of carbonyl (C=O) groups excluding carboxylic acids is 1. The summed E-state index contributed by atoms with van der Waals surface area (Å²) in [5.41, 5.74) is 2.14. The lowest BCUT2D eigenvalue weighted by Crippen LogP contribution is -2.40. The fourth-order valence-corrected chi connectivity index (χ4v) is 4.04. The van der Waals surface area contributed by atoms with Crippen LogP contribution in [0.15, 0.2) is 40.9 Å². The molecule has 6 heteroatoms. The number of nitrogens with zero attached hydrogens (tertiary/aromatic N) is 2. The Balaban J connectivity index is 1.33. The van der Waals surface area contributed by atoms with Gasteiger partial charge < -0.3 is 20.1 Å². The topological polar surface area (TPSA) is 70.4 Å². The number of hydrogen-bond acceptors (Lipinski definition) is 5. The Labute approximate surface area is 166 Å². The molecule has 2 aromatic rings. The van der Waals surface area contributed by atoms with E-state index in [0.717, 1.165) is 55.9 Å². The summed E-state index contributed by atoms with van der Waals surface area (Å²) in [6.45, 7) is 2.62. The Kier molecular flexibility index (Phi) is 5.95. The average molecular weight is 383 g/mol. The van der Waals surface area contributed by atoms with Gasteiger partial charge in [0.15, 0.2) is 5.76 Å². The van der Waals surface area contributed by atoms with Crippen LogP contribution in [0.1, 0.15) is 37.1 Å². The van der Waals surface area contributed by atoms with Gasteiger partial charge >= 0.3 is 0 Å². The predicted octanol–water partition coefficient (Wildman–Crippen LogP) is 2.75. The summed E-state index contributed by atoms with van der Waals surface area (Å²) in [5.74, 6) is 1.91. The van der Waals surface area contributed by atoms with Gasteiger partial charge in [-0.2, -0.15) is 0 Å². The molecule has 0 spiro atoms. The van der Waals surface area contributed by atoms with E-state index in [1.54, 1.807) is 0 Å². The van der Waals surface area contributed by atoms with Crippen molar-refractivity contribution >= 4 is 11.6 Å². The summed E-state index contributed by atoms with van der Waals surface area (Å²) in [5, 5.41) is 10.9. The van der Waals surface area contributed by atoms with E-state index in [9.17, 15) is 4.79 Å². The third-order valence-electron chi connectivity index (χ3n) is 5.82. The molecule has 4 rings (SSSR count). The Morgan fingerprint density at radius 3 is 2.86 bits per heavy atom. The summed E-state index contributed by atoms with van der Waals surface area (Å²) >= 11 is 0. The number of anilines is 1. The third-order valence-corrected chi connectivity index (χ3v) is 5.82. The Morgan fingerprint density at radius 2 is 2.07 bits per heavy atom. The Morgan fingerprint density at radius 1 is 1.25 bits per heavy atom. The third kappa shape index (κ3) is 5.13. The molecular weight excluding hydrogens is 352 g/mol. The van der Waals surface area contributed by atoms with E-state index in [1.807, 2.05) is 18.2 Å². The second-order valence-electron chi connectivity index (χ2n) is 8.24. The molecule has 28 heavy (non-hydrogen) atoms. The van der Waals surface area contributed by atoms with Gasteiger partial charge in [0.2, 0.25) is 5.91 Å². The van der Waals surface area contributed by atoms with Crippen molar-refractivity contribution in [3.8, 4) is 0 Å². The van der Waals surface area contributed by atoms with Gasteiger partial charge in [-0.05, 0) is 62.7 Å². The van der Waals surface area contributed by atoms with Crippen LogP contribution in [-0.4, -0.2) is 37.2 Å². The molecule has 2 heterocycles. The molecule has 6 nitrogen and oxygen atoms in total. The van der Waals surface area contributed by atoms with E-state index < -0.39 is 0 Å². The van der Waals surface area contributed by atoms with E-state index in [4.69, 9.17) is 4.52 Å². The van der Waals surface area contributed by atoms with Gasteiger partial charge in [-0.1, -0.05) is 23.4 Å². The SMILES string of the molecule is CN(Cc1cc(C[C@@H]2CNCC[C@H]2CC(=O)NC2CC2)no1)c1ccccc1. The highest BCUT2D eigenvalue weighted by Crippen LogP contribution is 2.27. The lowest BCUT2D eigenvalue weighted by molar-refractivity contribution is -0.122. The van der Waals surface area contributed by atoms with Crippen LogP contribution < -0.4 is 15.5 Å². The van der Waals surface area contributed by atoms with E-state index in [-0.39, 0.29) is 5.91 Å². The van der Waals surface area contributed by atoms with Crippen LogP contribution in [-0.2, 0) is 17.8 Å². The Hall–Kier alpha value is -2.34. The van der Waals surface area contributed by atoms with Crippen LogP contribution in [0.25, 0.3) is 0 Å². The first-order valence-electron chi connectivity index (χ1n) is 10.4. The molecule has 1 aromatic carbocycles. The van der Waals surface area contributed by atoms with Crippen LogP contribution in [0, 0.1) is 11.8 Å². The van der Waals surface area contributed by atoms with Crippen molar-refractivity contribution in [2.75, 3.05) is 25.0 Å². The second kappa shape index (κ2) is 8.78. The van der Waals surface area contributed by atoms with Crippen molar-refractivity contribution in [1.29, 1.82) is 0 Å². The minimum Gasteiger partial charge on any atom is -0.367 e. The highest BCUT2D eigenvalue weighted by Gasteiger charge is 2.30. The first-order chi connectivity index (χ1) is 13.7. The van der Waals surface area contributed by atoms with Gasteiger partial charge in [-0.3, -0.25) is 4.79 Å². The van der Waals surface area contributed by atoms with Gasteiger partial charge in [0.05, 0.1) is 12.2 Å². The van der Waals surface area contributed by atoms with E-state index in [1.165, 1.54) is 0 Å². The largest absolute Gasteiger partial charge is 0.367 e. The molecule has 2 aliphatic rings. The van der Waals surface area contributed by atoms with Crippen molar-refractivity contribution in [3.05, 3.63) is 47.9 Å². The maximum absolute atomic E-state index is 12.2. The van der Waals surface area contributed by atoms with Crippen LogP contribution in [0.5, 0.6) is 0 Å². The number of piperidine rings is 1. The number of amides is 1. The average Bonchev–Trinajstić information content (AvgIpc) is 3.41. The van der Waals surface area contributed by atoms with E-state index in [2.05, 4.69) is 45.9 Å². The molecule has 1 aliphatic carbocycles. The van der Waals surface area contributed by atoms with Crippen LogP contribution in [0.4, 0.5) is 5.69 Å². The Bertz CT molecular complexity index is 772. The molecule has 2 atom stereocenters. The van der Waals surface area contributed by atoms with Gasteiger partial charge in [0.1, 0.15) is 0 Å². The van der Waals surface area contributed by atoms with Crippen molar-refractivity contribution < 1.29 is 9.32 Å². The van der Waals surface area contributed by atoms with Crippen LogP contribution >= 0.6 is 0 Å². The van der Waals surface area contributed by atoms with Crippen molar-refractivity contribution in [2.24, 2.45) is 11.8 Å². The molecule has 0 unspecified atom stereocenters. The quantitative estimate of drug-likeness (QED) is 0.735.